The molecule has 2 unspecified atom stereocenters. The number of para-hydroxylation sites is 1. The molecule has 0 aliphatic heterocycles. The summed E-state index contributed by atoms with van der Waals surface area (Å²) in [5.41, 5.74) is 0. The van der Waals surface area contributed by atoms with E-state index in [2.05, 4.69) is 12.2 Å². The van der Waals surface area contributed by atoms with Crippen LogP contribution in [0.1, 0.15) is 13.3 Å². The predicted octanol–water partition coefficient (Wildman–Crippen LogP) is 1.81. The third kappa shape index (κ3) is 7.13. The molecule has 96 valence electrons. The van der Waals surface area contributed by atoms with E-state index in [-0.39, 0.29) is 0 Å². The van der Waals surface area contributed by atoms with Gasteiger partial charge in [0, 0.05) is 28.9 Å². The average Bonchev–Trinajstić information content (AvgIpc) is 2.29. The number of hydrogen-bond donors (Lipinski definition) is 1. The minimum atomic E-state index is -0.726. The Morgan fingerprint density at radius 2 is 2.06 bits per heavy atom. The minimum absolute atomic E-state index is 0.303. The van der Waals surface area contributed by atoms with E-state index >= 15 is 0 Å². The third-order valence-electron chi connectivity index (χ3n) is 2.31. The second kappa shape index (κ2) is 8.25. The van der Waals surface area contributed by atoms with Gasteiger partial charge in [-0.3, -0.25) is 4.21 Å². The first-order chi connectivity index (χ1) is 8.18. The van der Waals surface area contributed by atoms with Gasteiger partial charge in [0.25, 0.3) is 0 Å². The second-order valence-electron chi connectivity index (χ2n) is 4.11. The maximum absolute atomic E-state index is 11.0. The fourth-order valence-electron chi connectivity index (χ4n) is 1.54. The van der Waals surface area contributed by atoms with Crippen LogP contribution in [0, 0.1) is 0 Å². The van der Waals surface area contributed by atoms with Gasteiger partial charge in [0.2, 0.25) is 0 Å². The summed E-state index contributed by atoms with van der Waals surface area (Å²) in [5.74, 6) is 1.62. The van der Waals surface area contributed by atoms with Crippen molar-refractivity contribution in [2.45, 2.75) is 19.4 Å². The van der Waals surface area contributed by atoms with Crippen LogP contribution >= 0.6 is 0 Å². The molecular formula is C13H21NO2S. The molecule has 1 rings (SSSR count). The Bertz CT molecular complexity index is 329. The van der Waals surface area contributed by atoms with Gasteiger partial charge in [-0.05, 0) is 32.0 Å². The van der Waals surface area contributed by atoms with Crippen molar-refractivity contribution in [3.05, 3.63) is 30.3 Å². The summed E-state index contributed by atoms with van der Waals surface area (Å²) in [6, 6.07) is 10.1. The Morgan fingerprint density at radius 1 is 1.35 bits per heavy atom. The van der Waals surface area contributed by atoms with Crippen LogP contribution in [0.25, 0.3) is 0 Å². The summed E-state index contributed by atoms with van der Waals surface area (Å²) < 4.78 is 16.5. The van der Waals surface area contributed by atoms with E-state index in [1.165, 1.54) is 0 Å². The van der Waals surface area contributed by atoms with Gasteiger partial charge in [0.05, 0.1) is 6.61 Å². The van der Waals surface area contributed by atoms with E-state index in [1.54, 1.807) is 6.26 Å². The zero-order valence-corrected chi connectivity index (χ0v) is 11.3. The van der Waals surface area contributed by atoms with E-state index in [4.69, 9.17) is 4.74 Å². The molecule has 2 atom stereocenters. The van der Waals surface area contributed by atoms with E-state index in [0.29, 0.717) is 18.4 Å². The molecule has 0 saturated heterocycles. The fraction of sp³-hybridized carbons (Fsp3) is 0.538. The number of benzene rings is 1. The molecule has 0 amide bonds. The number of ether oxygens (including phenoxy) is 1. The van der Waals surface area contributed by atoms with Gasteiger partial charge in [-0.15, -0.1) is 0 Å². The Morgan fingerprint density at radius 3 is 2.71 bits per heavy atom. The van der Waals surface area contributed by atoms with Gasteiger partial charge in [0.15, 0.2) is 0 Å². The molecule has 17 heavy (non-hydrogen) atoms. The summed E-state index contributed by atoms with van der Waals surface area (Å²) >= 11 is 0. The van der Waals surface area contributed by atoms with Crippen molar-refractivity contribution in [1.82, 2.24) is 5.32 Å². The maximum atomic E-state index is 11.0. The molecule has 0 saturated carbocycles. The second-order valence-corrected chi connectivity index (χ2v) is 5.59. The quantitative estimate of drug-likeness (QED) is 0.720. The smallest absolute Gasteiger partial charge is 0.119 e. The molecule has 3 nitrogen and oxygen atoms in total. The summed E-state index contributed by atoms with van der Waals surface area (Å²) in [6.45, 7) is 3.66. The molecule has 1 N–H and O–H groups in total. The molecule has 0 spiro atoms. The van der Waals surface area contributed by atoms with Gasteiger partial charge < -0.3 is 10.1 Å². The van der Waals surface area contributed by atoms with Crippen molar-refractivity contribution in [1.29, 1.82) is 0 Å². The molecule has 4 heteroatoms. The van der Waals surface area contributed by atoms with Crippen molar-refractivity contribution in [3.63, 3.8) is 0 Å². The monoisotopic (exact) mass is 255 g/mol. The van der Waals surface area contributed by atoms with E-state index in [0.717, 1.165) is 18.7 Å². The lowest BCUT2D eigenvalue weighted by Crippen LogP contribution is -2.32. The molecule has 1 aromatic carbocycles. The Labute approximate surface area is 106 Å². The zero-order chi connectivity index (χ0) is 12.5. The van der Waals surface area contributed by atoms with Gasteiger partial charge in [-0.2, -0.15) is 0 Å². The van der Waals surface area contributed by atoms with Crippen LogP contribution < -0.4 is 10.1 Å². The topological polar surface area (TPSA) is 38.3 Å². The van der Waals surface area contributed by atoms with Crippen LogP contribution in [0.15, 0.2) is 30.3 Å². The molecule has 0 aliphatic rings. The highest BCUT2D eigenvalue weighted by atomic mass is 32.2. The lowest BCUT2D eigenvalue weighted by Gasteiger charge is -2.12. The lowest BCUT2D eigenvalue weighted by atomic mass is 10.3. The molecular weight excluding hydrogens is 234 g/mol. The highest BCUT2D eigenvalue weighted by Crippen LogP contribution is 2.07. The summed E-state index contributed by atoms with van der Waals surface area (Å²) in [5, 5.41) is 3.33. The standard InChI is InChI=1S/C13H21NO2S/c1-12(11-17(2)15)14-9-6-10-16-13-7-4-3-5-8-13/h3-5,7-8,12,14H,6,9-11H2,1-2H3. The molecule has 0 heterocycles. The number of hydrogen-bond acceptors (Lipinski definition) is 3. The number of nitrogens with one attached hydrogen (secondary N) is 1. The maximum Gasteiger partial charge on any atom is 0.119 e. The molecule has 0 fully saturated rings. The van der Waals surface area contributed by atoms with Crippen molar-refractivity contribution in [3.8, 4) is 5.75 Å². The van der Waals surface area contributed by atoms with E-state index < -0.39 is 10.8 Å². The minimum Gasteiger partial charge on any atom is -0.494 e. The van der Waals surface area contributed by atoms with Crippen LogP contribution in [0.2, 0.25) is 0 Å². The van der Waals surface area contributed by atoms with E-state index in [1.807, 2.05) is 30.3 Å². The molecule has 0 aromatic heterocycles. The van der Waals surface area contributed by atoms with Crippen LogP contribution in [-0.2, 0) is 10.8 Å². The van der Waals surface area contributed by atoms with Crippen molar-refractivity contribution in [2.75, 3.05) is 25.2 Å². The van der Waals surface area contributed by atoms with Gasteiger partial charge in [-0.25, -0.2) is 0 Å². The lowest BCUT2D eigenvalue weighted by molar-refractivity contribution is 0.306. The van der Waals surface area contributed by atoms with Gasteiger partial charge in [-0.1, -0.05) is 18.2 Å². The van der Waals surface area contributed by atoms with Crippen LogP contribution in [0.5, 0.6) is 5.75 Å². The first kappa shape index (κ1) is 14.2. The zero-order valence-electron chi connectivity index (χ0n) is 10.5. The predicted molar refractivity (Wildman–Crippen MR) is 73.0 cm³/mol. The highest BCUT2D eigenvalue weighted by molar-refractivity contribution is 7.84. The van der Waals surface area contributed by atoms with Crippen LogP contribution in [-0.4, -0.2) is 35.4 Å². The molecule has 0 aliphatic carbocycles. The van der Waals surface area contributed by atoms with Crippen LogP contribution in [0.3, 0.4) is 0 Å². The Kier molecular flexibility index (Phi) is 6.89. The largest absolute Gasteiger partial charge is 0.494 e. The fourth-order valence-corrected chi connectivity index (χ4v) is 2.36. The van der Waals surface area contributed by atoms with Crippen molar-refractivity contribution >= 4 is 10.8 Å². The van der Waals surface area contributed by atoms with Crippen molar-refractivity contribution < 1.29 is 8.95 Å². The van der Waals surface area contributed by atoms with Crippen LogP contribution in [0.4, 0.5) is 0 Å². The summed E-state index contributed by atoms with van der Waals surface area (Å²) in [4.78, 5) is 0. The first-order valence-electron chi connectivity index (χ1n) is 5.89. The summed E-state index contributed by atoms with van der Waals surface area (Å²) in [7, 11) is -0.726. The molecule has 1 aromatic rings. The first-order valence-corrected chi connectivity index (χ1v) is 7.62. The SMILES string of the molecule is CC(CS(C)=O)NCCCOc1ccccc1. The number of rotatable bonds is 8. The normalized spacial score (nSPS) is 14.2. The van der Waals surface area contributed by atoms with Gasteiger partial charge in [0.1, 0.15) is 5.75 Å². The Balaban J connectivity index is 2.03. The van der Waals surface area contributed by atoms with E-state index in [9.17, 15) is 4.21 Å². The van der Waals surface area contributed by atoms with Crippen molar-refractivity contribution in [2.24, 2.45) is 0 Å². The molecule has 0 radical (unpaired) electrons. The molecule has 0 bridgehead atoms. The average molecular weight is 255 g/mol. The van der Waals surface area contributed by atoms with Gasteiger partial charge >= 0.3 is 0 Å². The summed E-state index contributed by atoms with van der Waals surface area (Å²) in [6.07, 6.45) is 2.69. The highest BCUT2D eigenvalue weighted by Gasteiger charge is 2.02. The third-order valence-corrected chi connectivity index (χ3v) is 3.28. The Hall–Kier alpha value is -0.870.